The molecule has 2 aliphatic heterocycles. The highest BCUT2D eigenvalue weighted by Crippen LogP contribution is 2.37. The number of aryl methyl sites for hydroxylation is 1. The van der Waals surface area contributed by atoms with E-state index < -0.39 is 0 Å². The first kappa shape index (κ1) is 19.5. The molecule has 3 atom stereocenters. The van der Waals surface area contributed by atoms with Gasteiger partial charge >= 0.3 is 0 Å². The van der Waals surface area contributed by atoms with E-state index in [0.29, 0.717) is 48.0 Å². The summed E-state index contributed by atoms with van der Waals surface area (Å²) >= 11 is 0. The van der Waals surface area contributed by atoms with Crippen LogP contribution in [0.15, 0.2) is 6.07 Å². The standard InChI is InChI=1S/C20H28N8O/c1-12-9-17(27-26-12)23-18-13(2)19(29-3)25-20(24-18)22-14-10-15-5-6-16(11-14)28(15)8-4-7-21/h9,14-16H,4-6,8,10-11H2,1-3H3,(H3,22,23,24,25,26,27)/t14-,15-,16+. The Morgan fingerprint density at radius 3 is 2.66 bits per heavy atom. The highest BCUT2D eigenvalue weighted by molar-refractivity contribution is 5.60. The lowest BCUT2D eigenvalue weighted by molar-refractivity contribution is 0.135. The smallest absolute Gasteiger partial charge is 0.228 e. The molecule has 9 heteroatoms. The van der Waals surface area contributed by atoms with Crippen molar-refractivity contribution in [2.75, 3.05) is 24.3 Å². The van der Waals surface area contributed by atoms with Crippen molar-refractivity contribution in [3.8, 4) is 11.9 Å². The summed E-state index contributed by atoms with van der Waals surface area (Å²) in [6.07, 6.45) is 5.10. The Labute approximate surface area is 170 Å². The van der Waals surface area contributed by atoms with Crippen molar-refractivity contribution in [2.24, 2.45) is 0 Å². The Hall–Kier alpha value is -2.86. The molecule has 2 saturated heterocycles. The van der Waals surface area contributed by atoms with Crippen LogP contribution in [0.4, 0.5) is 17.6 Å². The van der Waals surface area contributed by atoms with Crippen LogP contribution < -0.4 is 15.4 Å². The van der Waals surface area contributed by atoms with Crippen LogP contribution in [0.2, 0.25) is 0 Å². The van der Waals surface area contributed by atoms with Crippen molar-refractivity contribution < 1.29 is 4.74 Å². The predicted molar refractivity (Wildman–Crippen MR) is 110 cm³/mol. The van der Waals surface area contributed by atoms with E-state index in [1.165, 1.54) is 12.8 Å². The number of aromatic amines is 1. The number of fused-ring (bicyclic) bond motifs is 2. The monoisotopic (exact) mass is 396 g/mol. The van der Waals surface area contributed by atoms with E-state index in [0.717, 1.165) is 30.6 Å². The Morgan fingerprint density at radius 2 is 2.03 bits per heavy atom. The van der Waals surface area contributed by atoms with E-state index in [-0.39, 0.29) is 0 Å². The Kier molecular flexibility index (Phi) is 5.53. The summed E-state index contributed by atoms with van der Waals surface area (Å²) in [4.78, 5) is 11.8. The van der Waals surface area contributed by atoms with Gasteiger partial charge in [0.1, 0.15) is 5.82 Å². The number of piperidine rings is 1. The average Bonchev–Trinajstić information content (AvgIpc) is 3.21. The summed E-state index contributed by atoms with van der Waals surface area (Å²) in [5, 5.41) is 22.8. The van der Waals surface area contributed by atoms with Gasteiger partial charge in [0.25, 0.3) is 0 Å². The highest BCUT2D eigenvalue weighted by Gasteiger charge is 2.40. The SMILES string of the molecule is COc1nc(N[C@@H]2C[C@H]3CC[C@@H](C2)N3CCC#N)nc(Nc2cc(C)[nH]n2)c1C. The van der Waals surface area contributed by atoms with Crippen LogP contribution in [0.25, 0.3) is 0 Å². The maximum absolute atomic E-state index is 8.91. The maximum atomic E-state index is 8.91. The Bertz CT molecular complexity index is 890. The number of nitrogens with zero attached hydrogens (tertiary/aromatic N) is 5. The number of ether oxygens (including phenoxy) is 1. The van der Waals surface area contributed by atoms with Crippen LogP contribution >= 0.6 is 0 Å². The molecule has 2 fully saturated rings. The minimum atomic E-state index is 0.318. The molecule has 4 heterocycles. The lowest BCUT2D eigenvalue weighted by Crippen LogP contribution is -2.47. The third-order valence-electron chi connectivity index (χ3n) is 5.95. The van der Waals surface area contributed by atoms with E-state index in [1.807, 2.05) is 19.9 Å². The van der Waals surface area contributed by atoms with E-state index in [1.54, 1.807) is 7.11 Å². The molecule has 2 bridgehead atoms. The van der Waals surface area contributed by atoms with Gasteiger partial charge in [0.2, 0.25) is 11.8 Å². The molecule has 3 N–H and O–H groups in total. The van der Waals surface area contributed by atoms with Crippen LogP contribution in [0, 0.1) is 25.2 Å². The van der Waals surface area contributed by atoms with Crippen LogP contribution in [0.1, 0.15) is 43.4 Å². The second-order valence-electron chi connectivity index (χ2n) is 7.93. The van der Waals surface area contributed by atoms with E-state index in [9.17, 15) is 0 Å². The molecule has 2 aromatic rings. The first-order valence-electron chi connectivity index (χ1n) is 10.2. The second kappa shape index (κ2) is 8.25. The van der Waals surface area contributed by atoms with Gasteiger partial charge in [0.05, 0.1) is 18.7 Å². The summed E-state index contributed by atoms with van der Waals surface area (Å²) in [6.45, 7) is 4.76. The molecule has 0 aromatic carbocycles. The number of nitrogens with one attached hydrogen (secondary N) is 3. The van der Waals surface area contributed by atoms with Crippen molar-refractivity contribution in [1.29, 1.82) is 5.26 Å². The topological polar surface area (TPSA) is 115 Å². The minimum absolute atomic E-state index is 0.318. The molecule has 0 unspecified atom stereocenters. The molecule has 29 heavy (non-hydrogen) atoms. The summed E-state index contributed by atoms with van der Waals surface area (Å²) in [5.41, 5.74) is 1.81. The molecule has 0 aliphatic carbocycles. The fourth-order valence-corrected chi connectivity index (χ4v) is 4.60. The molecular weight excluding hydrogens is 368 g/mol. The molecule has 154 valence electrons. The number of rotatable bonds is 7. The zero-order valence-electron chi connectivity index (χ0n) is 17.2. The number of aromatic nitrogens is 4. The van der Waals surface area contributed by atoms with Gasteiger partial charge in [-0.2, -0.15) is 20.3 Å². The van der Waals surface area contributed by atoms with Crippen molar-refractivity contribution in [2.45, 2.75) is 64.1 Å². The van der Waals surface area contributed by atoms with Crippen molar-refractivity contribution in [3.05, 3.63) is 17.3 Å². The molecule has 0 spiro atoms. The normalized spacial score (nSPS) is 23.6. The molecular formula is C20H28N8O. The zero-order chi connectivity index (χ0) is 20.4. The fourth-order valence-electron chi connectivity index (χ4n) is 4.60. The van der Waals surface area contributed by atoms with E-state index in [2.05, 4.69) is 36.8 Å². The van der Waals surface area contributed by atoms with Gasteiger partial charge < -0.3 is 15.4 Å². The van der Waals surface area contributed by atoms with Gasteiger partial charge in [-0.05, 0) is 39.5 Å². The molecule has 4 rings (SSSR count). The second-order valence-corrected chi connectivity index (χ2v) is 7.93. The minimum Gasteiger partial charge on any atom is -0.481 e. The fraction of sp³-hybridized carbons (Fsp3) is 0.600. The summed E-state index contributed by atoms with van der Waals surface area (Å²) < 4.78 is 5.48. The zero-order valence-corrected chi connectivity index (χ0v) is 17.2. The number of H-pyrrole nitrogens is 1. The lowest BCUT2D eigenvalue weighted by Gasteiger charge is -2.38. The molecule has 0 radical (unpaired) electrons. The summed E-state index contributed by atoms with van der Waals surface area (Å²) in [6, 6.07) is 5.60. The first-order chi connectivity index (χ1) is 14.1. The molecule has 2 aliphatic rings. The average molecular weight is 396 g/mol. The number of hydrogen-bond acceptors (Lipinski definition) is 8. The van der Waals surface area contributed by atoms with E-state index >= 15 is 0 Å². The molecule has 2 aromatic heterocycles. The lowest BCUT2D eigenvalue weighted by atomic mass is 9.97. The van der Waals surface area contributed by atoms with Crippen LogP contribution in [0.5, 0.6) is 5.88 Å². The first-order valence-corrected chi connectivity index (χ1v) is 10.2. The summed E-state index contributed by atoms with van der Waals surface area (Å²) in [7, 11) is 1.62. The molecule has 0 saturated carbocycles. The maximum Gasteiger partial charge on any atom is 0.228 e. The largest absolute Gasteiger partial charge is 0.481 e. The third kappa shape index (κ3) is 4.12. The molecule has 0 amide bonds. The highest BCUT2D eigenvalue weighted by atomic mass is 16.5. The van der Waals surface area contributed by atoms with Crippen LogP contribution in [-0.4, -0.2) is 56.8 Å². The van der Waals surface area contributed by atoms with Gasteiger partial charge in [0, 0.05) is 42.9 Å². The quantitative estimate of drug-likeness (QED) is 0.654. The van der Waals surface area contributed by atoms with Crippen LogP contribution in [0.3, 0.4) is 0 Å². The van der Waals surface area contributed by atoms with Crippen molar-refractivity contribution in [1.82, 2.24) is 25.1 Å². The summed E-state index contributed by atoms with van der Waals surface area (Å²) in [5.74, 6) is 2.50. The van der Waals surface area contributed by atoms with Crippen LogP contribution in [-0.2, 0) is 0 Å². The number of anilines is 3. The van der Waals surface area contributed by atoms with Gasteiger partial charge in [0.15, 0.2) is 5.82 Å². The van der Waals surface area contributed by atoms with Crippen molar-refractivity contribution in [3.63, 3.8) is 0 Å². The van der Waals surface area contributed by atoms with Gasteiger partial charge in [-0.3, -0.25) is 10.00 Å². The Morgan fingerprint density at radius 1 is 1.28 bits per heavy atom. The van der Waals surface area contributed by atoms with Gasteiger partial charge in [-0.15, -0.1) is 0 Å². The molecule has 9 nitrogen and oxygen atoms in total. The Balaban J connectivity index is 1.49. The predicted octanol–water partition coefficient (Wildman–Crippen LogP) is 2.89. The number of methoxy groups -OCH3 is 1. The number of nitriles is 1. The third-order valence-corrected chi connectivity index (χ3v) is 5.95. The van der Waals surface area contributed by atoms with Gasteiger partial charge in [-0.25, -0.2) is 0 Å². The van der Waals surface area contributed by atoms with Crippen molar-refractivity contribution >= 4 is 17.6 Å². The number of hydrogen-bond donors (Lipinski definition) is 3. The van der Waals surface area contributed by atoms with E-state index in [4.69, 9.17) is 15.0 Å². The van der Waals surface area contributed by atoms with Gasteiger partial charge in [-0.1, -0.05) is 0 Å².